The molecule has 1 aromatic carbocycles. The first-order valence-electron chi connectivity index (χ1n) is 5.95. The fourth-order valence-corrected chi connectivity index (χ4v) is 1.88. The van der Waals surface area contributed by atoms with E-state index in [1.165, 1.54) is 4.57 Å². The maximum Gasteiger partial charge on any atom is 0.418 e. The zero-order valence-electron chi connectivity index (χ0n) is 10.9. The third-order valence-electron chi connectivity index (χ3n) is 2.63. The highest BCUT2D eigenvalue weighted by Gasteiger charge is 2.19. The van der Waals surface area contributed by atoms with Crippen LogP contribution in [0.4, 0.5) is 4.79 Å². The summed E-state index contributed by atoms with van der Waals surface area (Å²) in [4.78, 5) is 12.0. The van der Waals surface area contributed by atoms with Gasteiger partial charge in [0.05, 0.1) is 13.4 Å². The molecule has 4 heteroatoms. The van der Waals surface area contributed by atoms with Gasteiger partial charge in [0.2, 0.25) is 0 Å². The highest BCUT2D eigenvalue weighted by molar-refractivity contribution is 6.10. The maximum atomic E-state index is 12.0. The molecule has 0 bridgehead atoms. The van der Waals surface area contributed by atoms with Crippen LogP contribution in [0.25, 0.3) is 10.9 Å². The Labute approximate surface area is 108 Å². The van der Waals surface area contributed by atoms with Crippen molar-refractivity contribution < 1.29 is 9.53 Å². The van der Waals surface area contributed by atoms with Crippen molar-refractivity contribution in [3.8, 4) is 0 Å². The van der Waals surface area contributed by atoms with Crippen LogP contribution in [0.15, 0.2) is 30.5 Å². The summed E-state index contributed by atoms with van der Waals surface area (Å²) in [5.41, 5.74) is 1.35. The molecule has 2 aromatic rings. The van der Waals surface area contributed by atoms with Crippen LogP contribution in [-0.2, 0) is 11.1 Å². The molecule has 92 valence electrons. The normalized spacial score (nSPS) is 11.7. The van der Waals surface area contributed by atoms with Crippen LogP contribution in [0.3, 0.4) is 0 Å². The minimum Gasteiger partial charge on any atom is -0.443 e. The Bertz CT molecular complexity index is 581. The summed E-state index contributed by atoms with van der Waals surface area (Å²) in [5.74, 6) is 0. The number of carbonyl (C=O) groups excluding carboxylic acids is 1. The monoisotopic (exact) mass is 241 g/mol. The number of rotatable bonds is 1. The molecular formula is C14H16BNO2. The van der Waals surface area contributed by atoms with E-state index in [4.69, 9.17) is 12.6 Å². The minimum absolute atomic E-state index is 0.369. The highest BCUT2D eigenvalue weighted by atomic mass is 16.6. The number of hydrogen-bond donors (Lipinski definition) is 0. The smallest absolute Gasteiger partial charge is 0.418 e. The van der Waals surface area contributed by atoms with E-state index in [0.29, 0.717) is 6.32 Å². The van der Waals surface area contributed by atoms with Gasteiger partial charge in [0.25, 0.3) is 0 Å². The summed E-state index contributed by atoms with van der Waals surface area (Å²) in [6.07, 6.45) is 1.81. The number of fused-ring (bicyclic) bond motifs is 1. The van der Waals surface area contributed by atoms with E-state index in [-0.39, 0.29) is 6.09 Å². The largest absolute Gasteiger partial charge is 0.443 e. The number of nitrogens with zero attached hydrogens (tertiary/aromatic N) is 1. The van der Waals surface area contributed by atoms with E-state index in [1.807, 2.05) is 45.0 Å². The number of hydrogen-bond acceptors (Lipinski definition) is 2. The molecule has 0 spiro atoms. The average molecular weight is 241 g/mol. The van der Waals surface area contributed by atoms with Crippen LogP contribution in [-0.4, -0.2) is 24.1 Å². The van der Waals surface area contributed by atoms with E-state index in [1.54, 1.807) is 6.20 Å². The summed E-state index contributed by atoms with van der Waals surface area (Å²) in [6.45, 7) is 5.55. The molecule has 0 unspecified atom stereocenters. The molecule has 0 fully saturated rings. The van der Waals surface area contributed by atoms with Crippen molar-refractivity contribution in [2.45, 2.75) is 32.7 Å². The second kappa shape index (κ2) is 4.52. The summed E-state index contributed by atoms with van der Waals surface area (Å²) < 4.78 is 6.87. The fraction of sp³-hybridized carbons (Fsp3) is 0.357. The lowest BCUT2D eigenvalue weighted by Crippen LogP contribution is -2.26. The van der Waals surface area contributed by atoms with Gasteiger partial charge in [-0.05, 0) is 38.5 Å². The first kappa shape index (κ1) is 12.7. The molecule has 2 radical (unpaired) electrons. The molecule has 1 heterocycles. The van der Waals surface area contributed by atoms with Gasteiger partial charge in [0.1, 0.15) is 5.60 Å². The van der Waals surface area contributed by atoms with Gasteiger partial charge >= 0.3 is 6.09 Å². The molecule has 18 heavy (non-hydrogen) atoms. The maximum absolute atomic E-state index is 12.0. The zero-order chi connectivity index (χ0) is 13.3. The van der Waals surface area contributed by atoms with Gasteiger partial charge in [0.15, 0.2) is 0 Å². The van der Waals surface area contributed by atoms with Crippen LogP contribution >= 0.6 is 0 Å². The van der Waals surface area contributed by atoms with Gasteiger partial charge in [-0.15, -0.1) is 0 Å². The van der Waals surface area contributed by atoms with Gasteiger partial charge in [-0.3, -0.25) is 4.57 Å². The van der Waals surface area contributed by atoms with Crippen molar-refractivity contribution >= 4 is 24.8 Å². The first-order chi connectivity index (χ1) is 8.42. The molecule has 3 nitrogen and oxygen atoms in total. The lowest BCUT2D eigenvalue weighted by atomic mass is 9.94. The first-order valence-corrected chi connectivity index (χ1v) is 5.95. The third kappa shape index (κ3) is 2.42. The van der Waals surface area contributed by atoms with Crippen LogP contribution in [0, 0.1) is 0 Å². The Morgan fingerprint density at radius 2 is 2.06 bits per heavy atom. The standard InChI is InChI=1S/C14H16BNO2/c1-14(2,3)18-13(17)16-8-7-11-10(9-15)5-4-6-12(11)16/h4-8H,9H2,1-3H3. The van der Waals surface area contributed by atoms with Crippen LogP contribution < -0.4 is 0 Å². The van der Waals surface area contributed by atoms with Gasteiger partial charge in [-0.25, -0.2) is 4.79 Å². The fourth-order valence-electron chi connectivity index (χ4n) is 1.88. The Morgan fingerprint density at radius 3 is 2.67 bits per heavy atom. The predicted octanol–water partition coefficient (Wildman–Crippen LogP) is 3.09. The molecule has 0 atom stereocenters. The summed E-state index contributed by atoms with van der Waals surface area (Å²) in [5, 5.41) is 0.992. The molecule has 0 aliphatic rings. The van der Waals surface area contributed by atoms with Gasteiger partial charge in [0, 0.05) is 11.6 Å². The molecule has 2 rings (SSSR count). The minimum atomic E-state index is -0.501. The average Bonchev–Trinajstić information content (AvgIpc) is 2.69. The Balaban J connectivity index is 2.44. The highest BCUT2D eigenvalue weighted by Crippen LogP contribution is 2.21. The summed E-state index contributed by atoms with van der Waals surface area (Å²) in [7, 11) is 5.68. The van der Waals surface area contributed by atoms with Gasteiger partial charge < -0.3 is 4.74 Å². The van der Waals surface area contributed by atoms with Crippen molar-refractivity contribution in [3.63, 3.8) is 0 Å². The number of benzene rings is 1. The molecule has 0 saturated heterocycles. The van der Waals surface area contributed by atoms with Gasteiger partial charge in [-0.1, -0.05) is 18.5 Å². The number of aromatic nitrogens is 1. The van der Waals surface area contributed by atoms with E-state index >= 15 is 0 Å². The Morgan fingerprint density at radius 1 is 1.33 bits per heavy atom. The second-order valence-corrected chi connectivity index (χ2v) is 5.22. The zero-order valence-corrected chi connectivity index (χ0v) is 10.9. The SMILES string of the molecule is [B]Cc1cccc2c1ccn2C(=O)OC(C)(C)C. The Hall–Kier alpha value is -1.71. The van der Waals surface area contributed by atoms with Gasteiger partial charge in [-0.2, -0.15) is 0 Å². The number of carbonyl (C=O) groups is 1. The lowest BCUT2D eigenvalue weighted by Gasteiger charge is -2.19. The van der Waals surface area contributed by atoms with Crippen molar-refractivity contribution in [3.05, 3.63) is 36.0 Å². The van der Waals surface area contributed by atoms with E-state index in [9.17, 15) is 4.79 Å². The predicted molar refractivity (Wildman–Crippen MR) is 73.0 cm³/mol. The van der Waals surface area contributed by atoms with E-state index < -0.39 is 5.60 Å². The van der Waals surface area contributed by atoms with Crippen molar-refractivity contribution in [2.24, 2.45) is 0 Å². The number of ether oxygens (including phenoxy) is 1. The summed E-state index contributed by atoms with van der Waals surface area (Å²) in [6, 6.07) is 7.63. The molecule has 0 saturated carbocycles. The molecule has 0 aliphatic heterocycles. The molecule has 0 N–H and O–H groups in total. The van der Waals surface area contributed by atoms with Crippen molar-refractivity contribution in [1.29, 1.82) is 0 Å². The van der Waals surface area contributed by atoms with E-state index in [2.05, 4.69) is 0 Å². The lowest BCUT2D eigenvalue weighted by molar-refractivity contribution is 0.0544. The molecule has 0 amide bonds. The van der Waals surface area contributed by atoms with Crippen LogP contribution in [0.1, 0.15) is 26.3 Å². The molecule has 1 aromatic heterocycles. The van der Waals surface area contributed by atoms with Crippen LogP contribution in [0.2, 0.25) is 0 Å². The quantitative estimate of drug-likeness (QED) is 0.718. The Kier molecular flexibility index (Phi) is 3.20. The van der Waals surface area contributed by atoms with Crippen molar-refractivity contribution in [2.75, 3.05) is 0 Å². The van der Waals surface area contributed by atoms with Crippen molar-refractivity contribution in [1.82, 2.24) is 4.57 Å². The molecule has 0 aliphatic carbocycles. The summed E-state index contributed by atoms with van der Waals surface area (Å²) >= 11 is 0. The second-order valence-electron chi connectivity index (χ2n) is 5.22. The third-order valence-corrected chi connectivity index (χ3v) is 2.63. The molecular weight excluding hydrogens is 225 g/mol. The topological polar surface area (TPSA) is 31.2 Å². The van der Waals surface area contributed by atoms with Crippen LogP contribution in [0.5, 0.6) is 0 Å². The van der Waals surface area contributed by atoms with E-state index in [0.717, 1.165) is 16.5 Å².